The van der Waals surface area contributed by atoms with Gasteiger partial charge in [-0.25, -0.2) is 4.39 Å². The maximum atomic E-state index is 13.5. The zero-order valence-electron chi connectivity index (χ0n) is 11.4. The molecule has 110 valence electrons. The van der Waals surface area contributed by atoms with Crippen molar-refractivity contribution in [3.63, 3.8) is 0 Å². The fourth-order valence-electron chi connectivity index (χ4n) is 1.97. The Morgan fingerprint density at radius 3 is 2.45 bits per heavy atom. The molecule has 1 amide bonds. The third kappa shape index (κ3) is 3.79. The molecular weight excluding hydrogens is 329 g/mol. The third-order valence-corrected chi connectivity index (χ3v) is 4.00. The first-order valence-corrected chi connectivity index (χ1v) is 7.12. The summed E-state index contributed by atoms with van der Waals surface area (Å²) in [7, 11) is 0. The number of nitrogens with one attached hydrogen (secondary N) is 1. The van der Waals surface area contributed by atoms with Gasteiger partial charge in [-0.05, 0) is 31.0 Å². The number of carbonyl (C=O) groups is 2. The molecule has 0 unspecified atom stereocenters. The highest BCUT2D eigenvalue weighted by atomic mass is 79.9. The molecule has 0 aliphatic rings. The predicted molar refractivity (Wildman–Crippen MR) is 78.0 cm³/mol. The molecule has 0 fully saturated rings. The first-order valence-electron chi connectivity index (χ1n) is 6.33. The van der Waals surface area contributed by atoms with E-state index in [1.807, 2.05) is 0 Å². The lowest BCUT2D eigenvalue weighted by Gasteiger charge is -2.25. The van der Waals surface area contributed by atoms with E-state index in [1.165, 1.54) is 18.2 Å². The first-order chi connectivity index (χ1) is 9.34. The highest BCUT2D eigenvalue weighted by molar-refractivity contribution is 9.10. The highest BCUT2D eigenvalue weighted by Crippen LogP contribution is 2.31. The maximum Gasteiger partial charge on any atom is 0.310 e. The molecule has 0 bridgehead atoms. The number of aliphatic carboxylic acids is 1. The molecule has 0 heterocycles. The van der Waals surface area contributed by atoms with Gasteiger partial charge in [0.25, 0.3) is 0 Å². The third-order valence-electron chi connectivity index (χ3n) is 3.51. The molecule has 0 saturated heterocycles. The Bertz CT molecular complexity index is 515. The van der Waals surface area contributed by atoms with Crippen molar-refractivity contribution < 1.29 is 19.1 Å². The molecule has 20 heavy (non-hydrogen) atoms. The number of carboxylic acids is 1. The van der Waals surface area contributed by atoms with Gasteiger partial charge in [-0.2, -0.15) is 0 Å². The fourth-order valence-corrected chi connectivity index (χ4v) is 2.33. The van der Waals surface area contributed by atoms with Crippen LogP contribution in [0.25, 0.3) is 0 Å². The summed E-state index contributed by atoms with van der Waals surface area (Å²) in [5.74, 6) is -2.07. The van der Waals surface area contributed by atoms with Gasteiger partial charge < -0.3 is 10.4 Å². The largest absolute Gasteiger partial charge is 0.481 e. The Labute approximate surface area is 125 Å². The number of carboxylic acid groups (broad SMARTS) is 1. The molecule has 1 aromatic carbocycles. The molecule has 0 aromatic heterocycles. The zero-order chi connectivity index (χ0) is 15.3. The second-order valence-corrected chi connectivity index (χ2v) is 5.56. The number of carbonyl (C=O) groups excluding carboxylic acids is 1. The van der Waals surface area contributed by atoms with Crippen LogP contribution in [-0.4, -0.2) is 17.0 Å². The minimum atomic E-state index is -1.10. The van der Waals surface area contributed by atoms with E-state index in [1.54, 1.807) is 13.8 Å². The summed E-state index contributed by atoms with van der Waals surface area (Å²) in [6.07, 6.45) is 0.502. The van der Waals surface area contributed by atoms with Crippen molar-refractivity contribution in [3.8, 4) is 0 Å². The summed E-state index contributed by atoms with van der Waals surface area (Å²) >= 11 is 3.19. The normalized spacial score (nSPS) is 11.2. The number of rotatable bonds is 6. The summed E-state index contributed by atoms with van der Waals surface area (Å²) in [6, 6.07) is 4.18. The number of anilines is 1. The van der Waals surface area contributed by atoms with E-state index in [0.29, 0.717) is 17.3 Å². The number of amides is 1. The maximum absolute atomic E-state index is 13.5. The van der Waals surface area contributed by atoms with Gasteiger partial charge in [0.2, 0.25) is 5.91 Å². The van der Waals surface area contributed by atoms with Gasteiger partial charge in [0.05, 0.1) is 11.1 Å². The lowest BCUT2D eigenvalue weighted by molar-refractivity contribution is -0.151. The van der Waals surface area contributed by atoms with Crippen LogP contribution in [0.5, 0.6) is 0 Å². The SMILES string of the molecule is CCC(CC)(CC(=O)Nc1cc(Br)ccc1F)C(=O)O. The van der Waals surface area contributed by atoms with Gasteiger partial charge in [-0.15, -0.1) is 0 Å². The molecule has 6 heteroatoms. The molecule has 0 saturated carbocycles. The van der Waals surface area contributed by atoms with Crippen molar-refractivity contribution in [2.75, 3.05) is 5.32 Å². The van der Waals surface area contributed by atoms with Crippen molar-refractivity contribution in [2.45, 2.75) is 33.1 Å². The van der Waals surface area contributed by atoms with Crippen LogP contribution in [0.1, 0.15) is 33.1 Å². The average Bonchev–Trinajstić information content (AvgIpc) is 2.40. The Kier molecular flexibility index (Phi) is 5.68. The molecule has 1 aromatic rings. The quantitative estimate of drug-likeness (QED) is 0.823. The Morgan fingerprint density at radius 2 is 1.95 bits per heavy atom. The van der Waals surface area contributed by atoms with Gasteiger partial charge in [-0.3, -0.25) is 9.59 Å². The molecule has 4 nitrogen and oxygen atoms in total. The van der Waals surface area contributed by atoms with E-state index in [0.717, 1.165) is 0 Å². The van der Waals surface area contributed by atoms with Crippen LogP contribution in [0.3, 0.4) is 0 Å². The summed E-state index contributed by atoms with van der Waals surface area (Å²) in [5.41, 5.74) is -1.07. The van der Waals surface area contributed by atoms with Gasteiger partial charge in [-0.1, -0.05) is 29.8 Å². The number of halogens is 2. The smallest absolute Gasteiger partial charge is 0.310 e. The van der Waals surface area contributed by atoms with E-state index >= 15 is 0 Å². The van der Waals surface area contributed by atoms with Crippen LogP contribution >= 0.6 is 15.9 Å². The predicted octanol–water partition coefficient (Wildman–Crippen LogP) is 3.81. The number of hydrogen-bond acceptors (Lipinski definition) is 2. The summed E-state index contributed by atoms with van der Waals surface area (Å²) in [6.45, 7) is 3.45. The van der Waals surface area contributed by atoms with E-state index in [4.69, 9.17) is 0 Å². The molecular formula is C14H17BrFNO3. The molecule has 2 N–H and O–H groups in total. The van der Waals surface area contributed by atoms with Gasteiger partial charge in [0.1, 0.15) is 5.82 Å². The van der Waals surface area contributed by atoms with E-state index in [2.05, 4.69) is 21.2 Å². The van der Waals surface area contributed by atoms with E-state index < -0.39 is 23.1 Å². The van der Waals surface area contributed by atoms with Crippen molar-refractivity contribution in [1.82, 2.24) is 0 Å². The molecule has 0 aliphatic heterocycles. The van der Waals surface area contributed by atoms with Crippen LogP contribution < -0.4 is 5.32 Å². The lowest BCUT2D eigenvalue weighted by Crippen LogP contribution is -2.34. The second-order valence-electron chi connectivity index (χ2n) is 4.64. The molecule has 0 aliphatic carbocycles. The van der Waals surface area contributed by atoms with Crippen molar-refractivity contribution in [2.24, 2.45) is 5.41 Å². The van der Waals surface area contributed by atoms with Crippen LogP contribution in [-0.2, 0) is 9.59 Å². The van der Waals surface area contributed by atoms with Gasteiger partial charge >= 0.3 is 5.97 Å². The summed E-state index contributed by atoms with van der Waals surface area (Å²) < 4.78 is 14.2. The lowest BCUT2D eigenvalue weighted by atomic mass is 9.79. The van der Waals surface area contributed by atoms with Crippen molar-refractivity contribution >= 4 is 33.5 Å². The zero-order valence-corrected chi connectivity index (χ0v) is 13.0. The number of benzene rings is 1. The Morgan fingerprint density at radius 1 is 1.35 bits per heavy atom. The van der Waals surface area contributed by atoms with Crippen LogP contribution in [0.15, 0.2) is 22.7 Å². The standard InChI is InChI=1S/C14H17BrFNO3/c1-3-14(4-2,13(19)20)8-12(18)17-11-7-9(15)5-6-10(11)16/h5-7H,3-4,8H2,1-2H3,(H,17,18)(H,19,20). The monoisotopic (exact) mass is 345 g/mol. The Hall–Kier alpha value is -1.43. The molecule has 0 spiro atoms. The second kappa shape index (κ2) is 6.83. The minimum absolute atomic E-state index is 0.0378. The Balaban J connectivity index is 2.86. The van der Waals surface area contributed by atoms with Crippen LogP contribution in [0, 0.1) is 11.2 Å². The van der Waals surface area contributed by atoms with Gasteiger partial charge in [0.15, 0.2) is 0 Å². The first kappa shape index (κ1) is 16.6. The van der Waals surface area contributed by atoms with E-state index in [9.17, 15) is 19.1 Å². The molecule has 0 radical (unpaired) electrons. The number of hydrogen-bond donors (Lipinski definition) is 2. The fraction of sp³-hybridized carbons (Fsp3) is 0.429. The highest BCUT2D eigenvalue weighted by Gasteiger charge is 2.37. The van der Waals surface area contributed by atoms with E-state index in [-0.39, 0.29) is 12.1 Å². The van der Waals surface area contributed by atoms with Gasteiger partial charge in [0, 0.05) is 10.9 Å². The van der Waals surface area contributed by atoms with Crippen LogP contribution in [0.2, 0.25) is 0 Å². The molecule has 1 rings (SSSR count). The summed E-state index contributed by atoms with van der Waals surface area (Å²) in [5, 5.41) is 11.7. The molecule has 0 atom stereocenters. The van der Waals surface area contributed by atoms with Crippen LogP contribution in [0.4, 0.5) is 10.1 Å². The summed E-state index contributed by atoms with van der Waals surface area (Å²) in [4.78, 5) is 23.3. The van der Waals surface area contributed by atoms with Crippen molar-refractivity contribution in [1.29, 1.82) is 0 Å². The average molecular weight is 346 g/mol. The topological polar surface area (TPSA) is 66.4 Å². The van der Waals surface area contributed by atoms with Crippen molar-refractivity contribution in [3.05, 3.63) is 28.5 Å². The minimum Gasteiger partial charge on any atom is -0.481 e.